The van der Waals surface area contributed by atoms with Gasteiger partial charge in [0.25, 0.3) is 5.91 Å². The van der Waals surface area contributed by atoms with Gasteiger partial charge in [-0.1, -0.05) is 49.8 Å². The van der Waals surface area contributed by atoms with Crippen LogP contribution in [0.2, 0.25) is 0 Å². The maximum atomic E-state index is 12.6. The second-order valence-electron chi connectivity index (χ2n) is 8.94. The van der Waals surface area contributed by atoms with E-state index >= 15 is 0 Å². The lowest BCUT2D eigenvalue weighted by molar-refractivity contribution is -0.135. The summed E-state index contributed by atoms with van der Waals surface area (Å²) >= 11 is 0. The molecule has 0 N–H and O–H groups in total. The summed E-state index contributed by atoms with van der Waals surface area (Å²) in [5, 5.41) is 0. The summed E-state index contributed by atoms with van der Waals surface area (Å²) in [6.45, 7) is 4.79. The lowest BCUT2D eigenvalue weighted by Crippen LogP contribution is -2.23. The van der Waals surface area contributed by atoms with Gasteiger partial charge in [-0.05, 0) is 73.3 Å². The maximum absolute atomic E-state index is 12.6. The molecule has 0 aromatic heterocycles. The Balaban J connectivity index is 1.62. The summed E-state index contributed by atoms with van der Waals surface area (Å²) in [6, 6.07) is 6.52. The first kappa shape index (κ1) is 25.4. The monoisotopic (exact) mass is 461 g/mol. The van der Waals surface area contributed by atoms with Gasteiger partial charge in [-0.3, -0.25) is 9.59 Å². The highest BCUT2D eigenvalue weighted by Gasteiger charge is 2.18. The number of carbonyl (C=O) groups is 3. The van der Waals surface area contributed by atoms with E-state index in [2.05, 4.69) is 38.1 Å². The molecule has 0 saturated carbocycles. The Bertz CT molecular complexity index is 1040. The Morgan fingerprint density at radius 3 is 2.68 bits per heavy atom. The van der Waals surface area contributed by atoms with E-state index in [0.717, 1.165) is 44.1 Å². The standard InChI is InChI=1S/C29H35NO4/c1-4-21-10-7-15-30(28(32)19-21)20-26-12-11-22(16-24(26)5-2)8-6-9-23-17-25(29(33)34-3)13-14-27(31)18-23/h7,11-17,19,23H,4-6,8-10,18,20H2,1-3H3. The molecule has 5 nitrogen and oxygen atoms in total. The number of benzene rings is 1. The molecule has 1 heterocycles. The van der Waals surface area contributed by atoms with Crippen LogP contribution in [0.15, 0.2) is 65.9 Å². The number of methoxy groups -OCH3 is 1. The minimum absolute atomic E-state index is 0.0309. The molecule has 1 aliphatic heterocycles. The number of rotatable bonds is 9. The predicted molar refractivity (Wildman–Crippen MR) is 134 cm³/mol. The molecule has 0 bridgehead atoms. The van der Waals surface area contributed by atoms with Crippen molar-refractivity contribution >= 4 is 17.7 Å². The summed E-state index contributed by atoms with van der Waals surface area (Å²) in [5.74, 6) is -0.291. The SMILES string of the molecule is CCC1=CC(=O)N(Cc2ccc(CCCC3C=C(C(=O)OC)C=CC(=O)C3)cc2CC)C=CC1. The summed E-state index contributed by atoms with van der Waals surface area (Å²) in [7, 11) is 1.35. The number of esters is 1. The van der Waals surface area contributed by atoms with Crippen molar-refractivity contribution in [2.24, 2.45) is 5.92 Å². The predicted octanol–water partition coefficient (Wildman–Crippen LogP) is 5.40. The lowest BCUT2D eigenvalue weighted by Gasteiger charge is -2.19. The molecule has 0 fully saturated rings. The molecule has 5 heteroatoms. The molecule has 1 aliphatic carbocycles. The van der Waals surface area contributed by atoms with E-state index in [1.165, 1.54) is 29.9 Å². The number of nitrogens with zero attached hydrogens (tertiary/aromatic N) is 1. The minimum Gasteiger partial charge on any atom is -0.465 e. The third-order valence-electron chi connectivity index (χ3n) is 6.51. The van der Waals surface area contributed by atoms with Crippen LogP contribution in [-0.2, 0) is 38.5 Å². The molecular weight excluding hydrogens is 426 g/mol. The lowest BCUT2D eigenvalue weighted by atomic mass is 9.93. The maximum Gasteiger partial charge on any atom is 0.337 e. The molecule has 0 radical (unpaired) electrons. The molecule has 1 atom stereocenters. The third kappa shape index (κ3) is 6.89. The largest absolute Gasteiger partial charge is 0.465 e. The van der Waals surface area contributed by atoms with E-state index in [1.807, 2.05) is 12.3 Å². The number of ketones is 1. The Kier molecular flexibility index (Phi) is 9.20. The first-order valence-corrected chi connectivity index (χ1v) is 12.2. The van der Waals surface area contributed by atoms with Crippen LogP contribution in [0.1, 0.15) is 62.6 Å². The van der Waals surface area contributed by atoms with Crippen molar-refractivity contribution in [3.63, 3.8) is 0 Å². The number of hydrogen-bond acceptors (Lipinski definition) is 4. The van der Waals surface area contributed by atoms with Gasteiger partial charge in [0.2, 0.25) is 0 Å². The van der Waals surface area contributed by atoms with Crippen LogP contribution in [-0.4, -0.2) is 29.7 Å². The summed E-state index contributed by atoms with van der Waals surface area (Å²) in [5.41, 5.74) is 5.29. The minimum atomic E-state index is -0.404. The Morgan fingerprint density at radius 2 is 1.94 bits per heavy atom. The third-order valence-corrected chi connectivity index (χ3v) is 6.51. The zero-order chi connectivity index (χ0) is 24.5. The van der Waals surface area contributed by atoms with E-state index < -0.39 is 5.97 Å². The molecule has 1 amide bonds. The van der Waals surface area contributed by atoms with Crippen molar-refractivity contribution in [2.45, 2.75) is 65.3 Å². The average molecular weight is 462 g/mol. The van der Waals surface area contributed by atoms with Crippen molar-refractivity contribution in [3.8, 4) is 0 Å². The zero-order valence-electron chi connectivity index (χ0n) is 20.5. The number of hydrogen-bond donors (Lipinski definition) is 0. The molecule has 2 aliphatic rings. The highest BCUT2D eigenvalue weighted by molar-refractivity contribution is 5.97. The quantitative estimate of drug-likeness (QED) is 0.462. The van der Waals surface area contributed by atoms with Gasteiger partial charge >= 0.3 is 5.97 Å². The first-order valence-electron chi connectivity index (χ1n) is 12.2. The van der Waals surface area contributed by atoms with Crippen LogP contribution in [0.3, 0.4) is 0 Å². The van der Waals surface area contributed by atoms with Crippen molar-refractivity contribution < 1.29 is 19.1 Å². The normalized spacial score (nSPS) is 18.3. The molecule has 1 aromatic carbocycles. The van der Waals surface area contributed by atoms with Gasteiger partial charge in [0, 0.05) is 18.7 Å². The molecule has 34 heavy (non-hydrogen) atoms. The Hall–Kier alpha value is -3.21. The van der Waals surface area contributed by atoms with Gasteiger partial charge in [-0.15, -0.1) is 0 Å². The summed E-state index contributed by atoms with van der Waals surface area (Å²) < 4.78 is 4.82. The van der Waals surface area contributed by atoms with Crippen LogP contribution in [0.25, 0.3) is 0 Å². The number of carbonyl (C=O) groups excluding carboxylic acids is 3. The van der Waals surface area contributed by atoms with Crippen LogP contribution in [0.5, 0.6) is 0 Å². The van der Waals surface area contributed by atoms with E-state index in [1.54, 1.807) is 17.1 Å². The van der Waals surface area contributed by atoms with Crippen molar-refractivity contribution in [3.05, 3.63) is 82.6 Å². The molecule has 0 spiro atoms. The topological polar surface area (TPSA) is 63.7 Å². The van der Waals surface area contributed by atoms with Crippen molar-refractivity contribution in [1.29, 1.82) is 0 Å². The van der Waals surface area contributed by atoms with Gasteiger partial charge in [-0.2, -0.15) is 0 Å². The highest BCUT2D eigenvalue weighted by Crippen LogP contribution is 2.23. The fraction of sp³-hybridized carbons (Fsp3) is 0.414. The second-order valence-corrected chi connectivity index (χ2v) is 8.94. The molecular formula is C29H35NO4. The number of aryl methyl sites for hydroxylation is 2. The van der Waals surface area contributed by atoms with E-state index in [9.17, 15) is 14.4 Å². The number of allylic oxidation sites excluding steroid dienone is 4. The van der Waals surface area contributed by atoms with Crippen molar-refractivity contribution in [1.82, 2.24) is 4.90 Å². The van der Waals surface area contributed by atoms with Gasteiger partial charge in [-0.25, -0.2) is 4.79 Å². The van der Waals surface area contributed by atoms with E-state index in [0.29, 0.717) is 18.5 Å². The fourth-order valence-electron chi connectivity index (χ4n) is 4.49. The van der Waals surface area contributed by atoms with Gasteiger partial charge in [0.15, 0.2) is 5.78 Å². The fourth-order valence-corrected chi connectivity index (χ4v) is 4.49. The van der Waals surface area contributed by atoms with Crippen molar-refractivity contribution in [2.75, 3.05) is 7.11 Å². The van der Waals surface area contributed by atoms with Gasteiger partial charge in [0.1, 0.15) is 0 Å². The Labute approximate surface area is 202 Å². The molecule has 180 valence electrons. The molecule has 3 rings (SSSR count). The molecule has 1 aromatic rings. The number of amides is 1. The zero-order valence-corrected chi connectivity index (χ0v) is 20.5. The second kappa shape index (κ2) is 12.3. The van der Waals surface area contributed by atoms with E-state index in [4.69, 9.17) is 4.74 Å². The van der Waals surface area contributed by atoms with Crippen LogP contribution >= 0.6 is 0 Å². The van der Waals surface area contributed by atoms with Gasteiger partial charge < -0.3 is 9.64 Å². The molecule has 1 unspecified atom stereocenters. The van der Waals surface area contributed by atoms with Gasteiger partial charge in [0.05, 0.1) is 19.2 Å². The molecule has 0 saturated heterocycles. The highest BCUT2D eigenvalue weighted by atomic mass is 16.5. The average Bonchev–Trinajstić information content (AvgIpc) is 3.14. The van der Waals surface area contributed by atoms with E-state index in [-0.39, 0.29) is 17.6 Å². The Morgan fingerprint density at radius 1 is 1.12 bits per heavy atom. The number of ether oxygens (including phenoxy) is 1. The first-order chi connectivity index (χ1) is 16.4. The van der Waals surface area contributed by atoms with Crippen LogP contribution < -0.4 is 0 Å². The summed E-state index contributed by atoms with van der Waals surface area (Å²) in [6.07, 6.45) is 16.3. The smallest absolute Gasteiger partial charge is 0.337 e. The van der Waals surface area contributed by atoms with Crippen LogP contribution in [0.4, 0.5) is 0 Å². The van der Waals surface area contributed by atoms with Crippen LogP contribution in [0, 0.1) is 5.92 Å². The summed E-state index contributed by atoms with van der Waals surface area (Å²) in [4.78, 5) is 38.3.